The van der Waals surface area contributed by atoms with Crippen molar-refractivity contribution in [3.05, 3.63) is 47.3 Å². The van der Waals surface area contributed by atoms with Crippen LogP contribution in [-0.2, 0) is 11.3 Å². The summed E-state index contributed by atoms with van der Waals surface area (Å²) in [7, 11) is 0. The van der Waals surface area contributed by atoms with Gasteiger partial charge in [0.1, 0.15) is 5.82 Å². The second-order valence-corrected chi connectivity index (χ2v) is 3.04. The van der Waals surface area contributed by atoms with E-state index in [1.54, 1.807) is 6.07 Å². The molecule has 0 aliphatic carbocycles. The summed E-state index contributed by atoms with van der Waals surface area (Å²) in [5.41, 5.74) is 0.996. The Morgan fingerprint density at radius 1 is 1.47 bits per heavy atom. The van der Waals surface area contributed by atoms with Crippen molar-refractivity contribution in [2.75, 3.05) is 6.61 Å². The topological polar surface area (TPSA) is 33.0 Å². The first kappa shape index (κ1) is 11.4. The molecule has 0 bridgehead atoms. The van der Waals surface area contributed by atoms with Crippen LogP contribution < -0.4 is 0 Å². The molecule has 0 unspecified atom stereocenters. The molecule has 1 aromatic rings. The molecular weight excluding hydrogens is 193 g/mol. The number of ether oxygens (including phenoxy) is 1. The standard InChI is InChI=1S/C12H12FNO/c1-2-3-4-15-9-11-5-10(8-14)6-12(13)7-11/h2-3,5-7H,4,9H2,1H3/b3-2+. The third kappa shape index (κ3) is 3.92. The highest BCUT2D eigenvalue weighted by Gasteiger charge is 2.00. The SMILES string of the molecule is C/C=C/COCc1cc(F)cc(C#N)c1. The summed E-state index contributed by atoms with van der Waals surface area (Å²) >= 11 is 0. The number of allylic oxidation sites excluding steroid dienone is 1. The highest BCUT2D eigenvalue weighted by atomic mass is 19.1. The maximum atomic E-state index is 13.0. The van der Waals surface area contributed by atoms with E-state index in [0.29, 0.717) is 24.3 Å². The van der Waals surface area contributed by atoms with Gasteiger partial charge >= 0.3 is 0 Å². The molecular formula is C12H12FNO. The second kappa shape index (κ2) is 5.94. The number of rotatable bonds is 4. The van der Waals surface area contributed by atoms with Gasteiger partial charge in [-0.05, 0) is 30.7 Å². The van der Waals surface area contributed by atoms with Gasteiger partial charge in [0.05, 0.1) is 24.8 Å². The van der Waals surface area contributed by atoms with Gasteiger partial charge in [-0.3, -0.25) is 0 Å². The largest absolute Gasteiger partial charge is 0.373 e. The highest BCUT2D eigenvalue weighted by molar-refractivity contribution is 5.33. The monoisotopic (exact) mass is 205 g/mol. The van der Waals surface area contributed by atoms with Crippen LogP contribution in [0.25, 0.3) is 0 Å². The van der Waals surface area contributed by atoms with Crippen molar-refractivity contribution in [1.29, 1.82) is 5.26 Å². The molecule has 0 fully saturated rings. The van der Waals surface area contributed by atoms with Gasteiger partial charge in [0.15, 0.2) is 0 Å². The van der Waals surface area contributed by atoms with Gasteiger partial charge in [-0.2, -0.15) is 5.26 Å². The first-order chi connectivity index (χ1) is 7.26. The fourth-order valence-electron chi connectivity index (χ4n) is 1.14. The Hall–Kier alpha value is -1.66. The number of nitrogens with zero attached hydrogens (tertiary/aromatic N) is 1. The predicted octanol–water partition coefficient (Wildman–Crippen LogP) is 2.79. The lowest BCUT2D eigenvalue weighted by Gasteiger charge is -2.02. The van der Waals surface area contributed by atoms with Gasteiger partial charge in [-0.15, -0.1) is 0 Å². The van der Waals surface area contributed by atoms with Crippen LogP contribution in [-0.4, -0.2) is 6.61 Å². The molecule has 0 N–H and O–H groups in total. The zero-order valence-electron chi connectivity index (χ0n) is 8.53. The maximum Gasteiger partial charge on any atom is 0.124 e. The van der Waals surface area contributed by atoms with E-state index in [-0.39, 0.29) is 0 Å². The van der Waals surface area contributed by atoms with Crippen molar-refractivity contribution in [2.45, 2.75) is 13.5 Å². The van der Waals surface area contributed by atoms with Crippen LogP contribution in [0, 0.1) is 17.1 Å². The van der Waals surface area contributed by atoms with E-state index in [0.717, 1.165) is 0 Å². The van der Waals surface area contributed by atoms with Crippen LogP contribution in [0.4, 0.5) is 4.39 Å². The van der Waals surface area contributed by atoms with Gasteiger partial charge in [-0.25, -0.2) is 4.39 Å². The average molecular weight is 205 g/mol. The molecule has 0 saturated carbocycles. The first-order valence-corrected chi connectivity index (χ1v) is 4.64. The zero-order valence-corrected chi connectivity index (χ0v) is 8.53. The summed E-state index contributed by atoms with van der Waals surface area (Å²) in [5.74, 6) is -0.404. The van der Waals surface area contributed by atoms with E-state index in [2.05, 4.69) is 0 Å². The normalized spacial score (nSPS) is 10.5. The number of hydrogen-bond donors (Lipinski definition) is 0. The molecule has 0 radical (unpaired) electrons. The molecule has 1 aromatic carbocycles. The number of halogens is 1. The Labute approximate surface area is 88.6 Å². The summed E-state index contributed by atoms with van der Waals surface area (Å²) in [6, 6.07) is 6.10. The second-order valence-electron chi connectivity index (χ2n) is 3.04. The van der Waals surface area contributed by atoms with E-state index in [4.69, 9.17) is 10.00 Å². The minimum absolute atomic E-state index is 0.316. The van der Waals surface area contributed by atoms with Crippen LogP contribution in [0.5, 0.6) is 0 Å². The Kier molecular flexibility index (Phi) is 4.52. The molecule has 2 nitrogen and oxygen atoms in total. The van der Waals surface area contributed by atoms with Crippen molar-refractivity contribution >= 4 is 0 Å². The molecule has 78 valence electrons. The third-order valence-corrected chi connectivity index (χ3v) is 1.81. The molecule has 0 aliphatic heterocycles. The van der Waals surface area contributed by atoms with E-state index in [1.165, 1.54) is 12.1 Å². The fraction of sp³-hybridized carbons (Fsp3) is 0.250. The van der Waals surface area contributed by atoms with Crippen molar-refractivity contribution in [1.82, 2.24) is 0 Å². The van der Waals surface area contributed by atoms with E-state index in [9.17, 15) is 4.39 Å². The number of hydrogen-bond acceptors (Lipinski definition) is 2. The molecule has 1 rings (SSSR count). The minimum Gasteiger partial charge on any atom is -0.373 e. The number of benzene rings is 1. The maximum absolute atomic E-state index is 13.0. The quantitative estimate of drug-likeness (QED) is 0.559. The van der Waals surface area contributed by atoms with E-state index >= 15 is 0 Å². The van der Waals surface area contributed by atoms with Gasteiger partial charge in [0, 0.05) is 0 Å². The summed E-state index contributed by atoms with van der Waals surface area (Å²) < 4.78 is 18.2. The van der Waals surface area contributed by atoms with Crippen molar-refractivity contribution in [3.63, 3.8) is 0 Å². The molecule has 0 saturated heterocycles. The molecule has 0 aliphatic rings. The van der Waals surface area contributed by atoms with Crippen LogP contribution in [0.15, 0.2) is 30.4 Å². The summed E-state index contributed by atoms with van der Waals surface area (Å²) in [6.07, 6.45) is 3.75. The van der Waals surface area contributed by atoms with Crippen LogP contribution in [0.3, 0.4) is 0 Å². The van der Waals surface area contributed by atoms with Crippen molar-refractivity contribution < 1.29 is 9.13 Å². The fourth-order valence-corrected chi connectivity index (χ4v) is 1.14. The van der Waals surface area contributed by atoms with Gasteiger partial charge < -0.3 is 4.74 Å². The molecule has 0 atom stereocenters. The Bertz CT molecular complexity index is 393. The third-order valence-electron chi connectivity index (χ3n) is 1.81. The minimum atomic E-state index is -0.404. The molecule has 0 aromatic heterocycles. The van der Waals surface area contributed by atoms with E-state index < -0.39 is 5.82 Å². The molecule has 3 heteroatoms. The van der Waals surface area contributed by atoms with Crippen LogP contribution >= 0.6 is 0 Å². The van der Waals surface area contributed by atoms with Crippen LogP contribution in [0.1, 0.15) is 18.1 Å². The number of nitriles is 1. The first-order valence-electron chi connectivity index (χ1n) is 4.64. The lowest BCUT2D eigenvalue weighted by atomic mass is 10.1. The van der Waals surface area contributed by atoms with Gasteiger partial charge in [-0.1, -0.05) is 12.2 Å². The van der Waals surface area contributed by atoms with E-state index in [1.807, 2.05) is 25.1 Å². The summed E-state index contributed by atoms with van der Waals surface area (Å²) in [5, 5.41) is 8.63. The van der Waals surface area contributed by atoms with Crippen LogP contribution in [0.2, 0.25) is 0 Å². The van der Waals surface area contributed by atoms with Crippen molar-refractivity contribution in [3.8, 4) is 6.07 Å². The van der Waals surface area contributed by atoms with Gasteiger partial charge in [0.25, 0.3) is 0 Å². The lowest BCUT2D eigenvalue weighted by molar-refractivity contribution is 0.148. The Balaban J connectivity index is 2.61. The lowest BCUT2D eigenvalue weighted by Crippen LogP contribution is -1.94. The Morgan fingerprint density at radius 3 is 2.93 bits per heavy atom. The summed E-state index contributed by atoms with van der Waals surface area (Å²) in [4.78, 5) is 0. The van der Waals surface area contributed by atoms with Gasteiger partial charge in [0.2, 0.25) is 0 Å². The van der Waals surface area contributed by atoms with Crippen molar-refractivity contribution in [2.24, 2.45) is 0 Å². The predicted molar refractivity (Wildman–Crippen MR) is 55.6 cm³/mol. The highest BCUT2D eigenvalue weighted by Crippen LogP contribution is 2.09. The molecule has 0 heterocycles. The smallest absolute Gasteiger partial charge is 0.124 e. The molecule has 0 amide bonds. The molecule has 0 spiro atoms. The average Bonchev–Trinajstić information content (AvgIpc) is 2.23. The Morgan fingerprint density at radius 2 is 2.27 bits per heavy atom. The zero-order chi connectivity index (χ0) is 11.1. The molecule has 15 heavy (non-hydrogen) atoms. The summed E-state index contributed by atoms with van der Waals surface area (Å²) in [6.45, 7) is 2.71.